The second kappa shape index (κ2) is 5.46. The fourth-order valence-corrected chi connectivity index (χ4v) is 3.21. The van der Waals surface area contributed by atoms with E-state index in [1.807, 2.05) is 6.92 Å². The summed E-state index contributed by atoms with van der Waals surface area (Å²) in [5, 5.41) is 0. The molecule has 20 heavy (non-hydrogen) atoms. The highest BCUT2D eigenvalue weighted by molar-refractivity contribution is 9.10. The fraction of sp³-hybridized carbons (Fsp3) is 0.143. The van der Waals surface area contributed by atoms with Crippen LogP contribution in [0.25, 0.3) is 0 Å². The molecule has 0 saturated heterocycles. The van der Waals surface area contributed by atoms with Gasteiger partial charge in [-0.25, -0.2) is 8.42 Å². The minimum atomic E-state index is -3.62. The van der Waals surface area contributed by atoms with Gasteiger partial charge in [0.2, 0.25) is 0 Å². The third-order valence-electron chi connectivity index (χ3n) is 3.06. The molecule has 0 heterocycles. The Bertz CT molecular complexity index is 758. The van der Waals surface area contributed by atoms with E-state index in [1.54, 1.807) is 43.3 Å². The molecule has 0 atom stereocenters. The van der Waals surface area contributed by atoms with E-state index in [2.05, 4.69) is 20.7 Å². The van der Waals surface area contributed by atoms with E-state index >= 15 is 0 Å². The van der Waals surface area contributed by atoms with Gasteiger partial charge in [-0.2, -0.15) is 0 Å². The van der Waals surface area contributed by atoms with Crippen molar-refractivity contribution in [1.29, 1.82) is 0 Å². The molecule has 0 unspecified atom stereocenters. The molecule has 0 bridgehead atoms. The van der Waals surface area contributed by atoms with Crippen molar-refractivity contribution < 1.29 is 8.42 Å². The van der Waals surface area contributed by atoms with E-state index in [0.29, 0.717) is 16.9 Å². The minimum absolute atomic E-state index is 0.222. The maximum absolute atomic E-state index is 12.4. The number of aryl methyl sites for hydroxylation is 1. The van der Waals surface area contributed by atoms with Crippen LogP contribution in [0, 0.1) is 13.8 Å². The van der Waals surface area contributed by atoms with Gasteiger partial charge in [-0.05, 0) is 55.3 Å². The van der Waals surface area contributed by atoms with E-state index in [4.69, 9.17) is 5.73 Å². The van der Waals surface area contributed by atoms with Gasteiger partial charge < -0.3 is 5.73 Å². The Morgan fingerprint density at radius 1 is 1.15 bits per heavy atom. The monoisotopic (exact) mass is 354 g/mol. The summed E-state index contributed by atoms with van der Waals surface area (Å²) in [6.07, 6.45) is 0. The van der Waals surface area contributed by atoms with E-state index in [9.17, 15) is 8.42 Å². The number of anilines is 2. The van der Waals surface area contributed by atoms with Gasteiger partial charge in [0.05, 0.1) is 10.6 Å². The zero-order chi connectivity index (χ0) is 14.9. The van der Waals surface area contributed by atoms with Gasteiger partial charge >= 0.3 is 0 Å². The van der Waals surface area contributed by atoms with Gasteiger partial charge in [-0.1, -0.05) is 22.0 Å². The Morgan fingerprint density at radius 2 is 1.85 bits per heavy atom. The first kappa shape index (κ1) is 14.9. The molecule has 0 aromatic heterocycles. The molecule has 0 saturated carbocycles. The Hall–Kier alpha value is -1.53. The molecule has 3 N–H and O–H groups in total. The second-order valence-electron chi connectivity index (χ2n) is 4.54. The number of rotatable bonds is 3. The predicted octanol–water partition coefficient (Wildman–Crippen LogP) is 3.45. The lowest BCUT2D eigenvalue weighted by molar-refractivity contribution is 0.601. The van der Waals surface area contributed by atoms with Crippen LogP contribution >= 0.6 is 15.9 Å². The number of sulfonamides is 1. The van der Waals surface area contributed by atoms with Crippen LogP contribution in [-0.4, -0.2) is 8.42 Å². The minimum Gasteiger partial charge on any atom is -0.398 e. The van der Waals surface area contributed by atoms with Crippen molar-refractivity contribution >= 4 is 37.3 Å². The normalized spacial score (nSPS) is 11.3. The van der Waals surface area contributed by atoms with Gasteiger partial charge in [-0.3, -0.25) is 4.72 Å². The number of halogens is 1. The van der Waals surface area contributed by atoms with Crippen LogP contribution in [0.5, 0.6) is 0 Å². The van der Waals surface area contributed by atoms with E-state index in [-0.39, 0.29) is 4.90 Å². The van der Waals surface area contributed by atoms with Gasteiger partial charge in [0.1, 0.15) is 0 Å². The van der Waals surface area contributed by atoms with Gasteiger partial charge in [0.25, 0.3) is 10.0 Å². The average Bonchev–Trinajstić information content (AvgIpc) is 2.38. The Kier molecular flexibility index (Phi) is 4.06. The molecule has 0 aliphatic carbocycles. The predicted molar refractivity (Wildman–Crippen MR) is 85.3 cm³/mol. The number of nitrogen functional groups attached to an aromatic ring is 1. The third-order valence-corrected chi connectivity index (χ3v) is 5.31. The highest BCUT2D eigenvalue weighted by Gasteiger charge is 2.16. The molecule has 4 nitrogen and oxygen atoms in total. The Labute approximate surface area is 127 Å². The quantitative estimate of drug-likeness (QED) is 0.829. The molecule has 0 spiro atoms. The van der Waals surface area contributed by atoms with Crippen molar-refractivity contribution in [2.45, 2.75) is 18.7 Å². The summed E-state index contributed by atoms with van der Waals surface area (Å²) in [5.74, 6) is 0. The van der Waals surface area contributed by atoms with Crippen LogP contribution in [0.3, 0.4) is 0 Å². The van der Waals surface area contributed by atoms with Crippen LogP contribution in [0.15, 0.2) is 45.8 Å². The number of nitrogens with one attached hydrogen (secondary N) is 1. The third kappa shape index (κ3) is 2.96. The average molecular weight is 355 g/mol. The standard InChI is InChI=1S/C14H15BrN2O2S/c1-9-8-11(6-7-12(9)15)20(18,19)17-14-5-3-4-13(16)10(14)2/h3-8,17H,16H2,1-2H3. The molecule has 2 aromatic rings. The molecule has 0 aliphatic rings. The summed E-state index contributed by atoms with van der Waals surface area (Å²) >= 11 is 3.35. The number of hydrogen-bond acceptors (Lipinski definition) is 3. The van der Waals surface area contributed by atoms with Crippen molar-refractivity contribution in [1.82, 2.24) is 0 Å². The van der Waals surface area contributed by atoms with Gasteiger partial charge in [0.15, 0.2) is 0 Å². The highest BCUT2D eigenvalue weighted by atomic mass is 79.9. The molecule has 2 aromatic carbocycles. The van der Waals surface area contributed by atoms with Crippen molar-refractivity contribution in [3.8, 4) is 0 Å². The maximum atomic E-state index is 12.4. The molecule has 0 fully saturated rings. The fourth-order valence-electron chi connectivity index (χ4n) is 1.75. The van der Waals surface area contributed by atoms with Gasteiger partial charge in [-0.15, -0.1) is 0 Å². The zero-order valence-electron chi connectivity index (χ0n) is 11.1. The lowest BCUT2D eigenvalue weighted by Crippen LogP contribution is -2.14. The largest absolute Gasteiger partial charge is 0.398 e. The number of hydrogen-bond donors (Lipinski definition) is 2. The van der Waals surface area contributed by atoms with E-state index in [1.165, 1.54) is 0 Å². The first-order valence-corrected chi connectivity index (χ1v) is 8.23. The second-order valence-corrected chi connectivity index (χ2v) is 7.07. The molecule has 0 amide bonds. The van der Waals surface area contributed by atoms with Crippen molar-refractivity contribution in [2.75, 3.05) is 10.5 Å². The lowest BCUT2D eigenvalue weighted by Gasteiger charge is -2.12. The van der Waals surface area contributed by atoms with Crippen LogP contribution in [-0.2, 0) is 10.0 Å². The SMILES string of the molecule is Cc1cc(S(=O)(=O)Nc2cccc(N)c2C)ccc1Br. The first-order chi connectivity index (χ1) is 9.31. The summed E-state index contributed by atoms with van der Waals surface area (Å²) in [6, 6.07) is 10.0. The first-order valence-electron chi connectivity index (χ1n) is 5.95. The van der Waals surface area contributed by atoms with Crippen molar-refractivity contribution in [3.05, 3.63) is 52.0 Å². The lowest BCUT2D eigenvalue weighted by atomic mass is 10.2. The molecular weight excluding hydrogens is 340 g/mol. The smallest absolute Gasteiger partial charge is 0.261 e. The van der Waals surface area contributed by atoms with E-state index in [0.717, 1.165) is 10.0 Å². The van der Waals surface area contributed by atoms with E-state index < -0.39 is 10.0 Å². The molecule has 106 valence electrons. The molecule has 0 radical (unpaired) electrons. The molecule has 6 heteroatoms. The maximum Gasteiger partial charge on any atom is 0.261 e. The van der Waals surface area contributed by atoms with Crippen LogP contribution < -0.4 is 10.5 Å². The Balaban J connectivity index is 2.41. The zero-order valence-corrected chi connectivity index (χ0v) is 13.5. The van der Waals surface area contributed by atoms with Crippen molar-refractivity contribution in [2.24, 2.45) is 0 Å². The summed E-state index contributed by atoms with van der Waals surface area (Å²) in [7, 11) is -3.62. The number of benzene rings is 2. The van der Waals surface area contributed by atoms with Crippen LogP contribution in [0.4, 0.5) is 11.4 Å². The summed E-state index contributed by atoms with van der Waals surface area (Å²) in [6.45, 7) is 3.62. The van der Waals surface area contributed by atoms with Crippen LogP contribution in [0.1, 0.15) is 11.1 Å². The molecule has 0 aliphatic heterocycles. The number of nitrogens with two attached hydrogens (primary N) is 1. The Morgan fingerprint density at radius 3 is 2.50 bits per heavy atom. The molecular formula is C14H15BrN2O2S. The van der Waals surface area contributed by atoms with Crippen LogP contribution in [0.2, 0.25) is 0 Å². The topological polar surface area (TPSA) is 72.2 Å². The van der Waals surface area contributed by atoms with Gasteiger partial charge in [0, 0.05) is 10.2 Å². The molecule has 2 rings (SSSR count). The summed E-state index contributed by atoms with van der Waals surface area (Å²) in [4.78, 5) is 0.222. The summed E-state index contributed by atoms with van der Waals surface area (Å²) < 4.78 is 28.2. The highest BCUT2D eigenvalue weighted by Crippen LogP contribution is 2.25. The summed E-state index contributed by atoms with van der Waals surface area (Å²) in [5.41, 5.74) is 8.40. The van der Waals surface area contributed by atoms with Crippen molar-refractivity contribution in [3.63, 3.8) is 0 Å².